The molecule has 2 rings (SSSR count). The van der Waals surface area contributed by atoms with E-state index in [2.05, 4.69) is 11.9 Å². The number of hydrazine groups is 1. The minimum absolute atomic E-state index is 0. The molecule has 116 valence electrons. The minimum atomic E-state index is -0.998. The molecule has 1 amide bonds. The van der Waals surface area contributed by atoms with Gasteiger partial charge in [-0.05, 0) is 12.8 Å². The number of carbonyl (C=O) groups excluding carboxylic acids is 1. The molecule has 1 fully saturated rings. The van der Waals surface area contributed by atoms with E-state index in [1.807, 2.05) is 5.01 Å². The average molecular weight is 480 g/mol. The molecule has 0 spiro atoms. The molecule has 0 atom stereocenters. The second-order valence-electron chi connectivity index (χ2n) is 4.61. The van der Waals surface area contributed by atoms with Crippen molar-refractivity contribution < 1.29 is 35.8 Å². The van der Waals surface area contributed by atoms with Gasteiger partial charge in [-0.1, -0.05) is 0 Å². The zero-order valence-corrected chi connectivity index (χ0v) is 15.4. The summed E-state index contributed by atoms with van der Waals surface area (Å²) in [7, 11) is 0. The second kappa shape index (κ2) is 8.61. The topological polar surface area (TPSA) is 73.7 Å². The monoisotopic (exact) mass is 480 g/mol. The number of carbonyl (C=O) groups is 2. The van der Waals surface area contributed by atoms with Crippen LogP contribution in [0.1, 0.15) is 34.8 Å². The summed E-state index contributed by atoms with van der Waals surface area (Å²) in [6, 6.07) is 0. The summed E-state index contributed by atoms with van der Waals surface area (Å²) >= 11 is 1.35. The van der Waals surface area contributed by atoms with E-state index in [0.29, 0.717) is 25.9 Å². The fraction of sp³-hybridized carbons (Fsp3) is 0.538. The van der Waals surface area contributed by atoms with E-state index in [1.54, 1.807) is 10.4 Å². The molecule has 0 bridgehead atoms. The molecule has 0 saturated carbocycles. The van der Waals surface area contributed by atoms with Gasteiger partial charge >= 0.3 is 5.97 Å². The SMILES string of the molecule is [CH2-]CN1CCCC(=O)N1CCCc1nc(C(=O)O)cs1.[W]. The second-order valence-corrected chi connectivity index (χ2v) is 5.55. The maximum absolute atomic E-state index is 11.9. The van der Waals surface area contributed by atoms with E-state index < -0.39 is 5.97 Å². The summed E-state index contributed by atoms with van der Waals surface area (Å²) in [6.07, 6.45) is 2.94. The van der Waals surface area contributed by atoms with E-state index in [9.17, 15) is 9.59 Å². The van der Waals surface area contributed by atoms with Gasteiger partial charge in [-0.15, -0.1) is 17.9 Å². The number of carboxylic acid groups (broad SMARTS) is 1. The molecule has 8 heteroatoms. The van der Waals surface area contributed by atoms with Crippen molar-refractivity contribution in [3.8, 4) is 0 Å². The van der Waals surface area contributed by atoms with Crippen molar-refractivity contribution in [2.75, 3.05) is 19.6 Å². The van der Waals surface area contributed by atoms with E-state index in [-0.39, 0.29) is 32.7 Å². The third-order valence-electron chi connectivity index (χ3n) is 3.23. The van der Waals surface area contributed by atoms with Gasteiger partial charge in [0.05, 0.1) is 5.01 Å². The molecule has 21 heavy (non-hydrogen) atoms. The van der Waals surface area contributed by atoms with E-state index >= 15 is 0 Å². The van der Waals surface area contributed by atoms with Crippen LogP contribution in [0.4, 0.5) is 0 Å². The van der Waals surface area contributed by atoms with Crippen LogP contribution in [0.3, 0.4) is 0 Å². The molecule has 1 aromatic heterocycles. The third kappa shape index (κ3) is 4.87. The predicted octanol–water partition coefficient (Wildman–Crippen LogP) is 1.44. The Balaban J connectivity index is 0.00000220. The maximum Gasteiger partial charge on any atom is 0.355 e. The smallest absolute Gasteiger partial charge is 0.355 e. The van der Waals surface area contributed by atoms with Gasteiger partial charge in [0.1, 0.15) is 0 Å². The van der Waals surface area contributed by atoms with Crippen LogP contribution in [0.15, 0.2) is 5.38 Å². The Morgan fingerprint density at radius 2 is 2.29 bits per heavy atom. The number of hydrogen-bond acceptors (Lipinski definition) is 5. The molecule has 0 aliphatic carbocycles. The van der Waals surface area contributed by atoms with Crippen LogP contribution in [-0.4, -0.2) is 51.6 Å². The van der Waals surface area contributed by atoms with E-state index in [4.69, 9.17) is 5.11 Å². The molecular weight excluding hydrogens is 462 g/mol. The van der Waals surface area contributed by atoms with Crippen molar-refractivity contribution in [3.63, 3.8) is 0 Å². The summed E-state index contributed by atoms with van der Waals surface area (Å²) in [5.41, 5.74) is 0.0958. The first-order chi connectivity index (χ1) is 9.61. The number of aromatic carboxylic acids is 1. The Morgan fingerprint density at radius 3 is 2.90 bits per heavy atom. The molecule has 0 radical (unpaired) electrons. The van der Waals surface area contributed by atoms with Gasteiger partial charge in [-0.3, -0.25) is 9.80 Å². The fourth-order valence-electron chi connectivity index (χ4n) is 2.22. The average Bonchev–Trinajstić information content (AvgIpc) is 2.89. The molecule has 1 aromatic rings. The first-order valence-electron chi connectivity index (χ1n) is 6.64. The maximum atomic E-state index is 11.9. The number of hydrogen-bond donors (Lipinski definition) is 1. The summed E-state index contributed by atoms with van der Waals surface area (Å²) < 4.78 is 0. The van der Waals surface area contributed by atoms with Crippen LogP contribution < -0.4 is 0 Å². The van der Waals surface area contributed by atoms with E-state index in [1.165, 1.54) is 11.3 Å². The van der Waals surface area contributed by atoms with Crippen LogP contribution in [0, 0.1) is 6.92 Å². The first kappa shape index (κ1) is 18.3. The molecule has 1 aliphatic rings. The fourth-order valence-corrected chi connectivity index (χ4v) is 3.04. The standard InChI is InChI=1S/C13H18N3O3S.W/c1-2-15-7-4-6-12(17)16(15)8-3-5-11-14-10(9-20-11)13(18)19;/h9H,1-8H2,(H,18,19);/q-1;. The Hall–Kier alpha value is -0.782. The quantitative estimate of drug-likeness (QED) is 0.625. The Kier molecular flexibility index (Phi) is 7.49. The number of aryl methyl sites for hydroxylation is 1. The van der Waals surface area contributed by atoms with Gasteiger partial charge in [-0.25, -0.2) is 14.8 Å². The molecule has 1 N–H and O–H groups in total. The predicted molar refractivity (Wildman–Crippen MR) is 75.3 cm³/mol. The van der Waals surface area contributed by atoms with Gasteiger partial charge in [0.2, 0.25) is 5.91 Å². The summed E-state index contributed by atoms with van der Waals surface area (Å²) in [4.78, 5) is 26.6. The third-order valence-corrected chi connectivity index (χ3v) is 4.13. The van der Waals surface area contributed by atoms with Crippen molar-refractivity contribution in [2.24, 2.45) is 0 Å². The van der Waals surface area contributed by atoms with Crippen LogP contribution in [0.2, 0.25) is 0 Å². The summed E-state index contributed by atoms with van der Waals surface area (Å²) in [6.45, 7) is 5.93. The molecule has 0 aromatic carbocycles. The zero-order chi connectivity index (χ0) is 14.5. The number of aromatic nitrogens is 1. The van der Waals surface area contributed by atoms with Crippen LogP contribution in [0.25, 0.3) is 0 Å². The van der Waals surface area contributed by atoms with Gasteiger partial charge in [-0.2, -0.15) is 0 Å². The number of nitrogens with zero attached hydrogens (tertiary/aromatic N) is 3. The number of carboxylic acids is 1. The van der Waals surface area contributed by atoms with Gasteiger partial charge in [0.25, 0.3) is 0 Å². The van der Waals surface area contributed by atoms with Crippen molar-refractivity contribution in [2.45, 2.75) is 25.7 Å². The van der Waals surface area contributed by atoms with Crippen molar-refractivity contribution in [1.82, 2.24) is 15.0 Å². The molecular formula is C13H18N3O3SW-. The van der Waals surface area contributed by atoms with Crippen LogP contribution >= 0.6 is 11.3 Å². The molecule has 1 aliphatic heterocycles. The Morgan fingerprint density at radius 1 is 1.52 bits per heavy atom. The minimum Gasteiger partial charge on any atom is -0.476 e. The first-order valence-corrected chi connectivity index (χ1v) is 7.52. The molecule has 6 nitrogen and oxygen atoms in total. The van der Waals surface area contributed by atoms with Crippen molar-refractivity contribution >= 4 is 23.2 Å². The van der Waals surface area contributed by atoms with E-state index in [0.717, 1.165) is 24.4 Å². The number of amides is 1. The van der Waals surface area contributed by atoms with Crippen LogP contribution in [-0.2, 0) is 32.3 Å². The Bertz CT molecular complexity index is 495. The normalized spacial score (nSPS) is 15.9. The van der Waals surface area contributed by atoms with Gasteiger partial charge in [0, 0.05) is 52.4 Å². The van der Waals surface area contributed by atoms with Crippen LogP contribution in [0.5, 0.6) is 0 Å². The molecule has 2 heterocycles. The van der Waals surface area contributed by atoms with Crippen molar-refractivity contribution in [3.05, 3.63) is 23.0 Å². The molecule has 0 unspecified atom stereocenters. The largest absolute Gasteiger partial charge is 0.476 e. The van der Waals surface area contributed by atoms with Gasteiger partial charge < -0.3 is 12.0 Å². The van der Waals surface area contributed by atoms with Crippen molar-refractivity contribution in [1.29, 1.82) is 0 Å². The zero-order valence-electron chi connectivity index (χ0n) is 11.7. The number of rotatable bonds is 6. The van der Waals surface area contributed by atoms with Gasteiger partial charge in [0.15, 0.2) is 5.69 Å². The number of thiazole rings is 1. The summed E-state index contributed by atoms with van der Waals surface area (Å²) in [5, 5.41) is 14.9. The Labute approximate surface area is 142 Å². The molecule has 1 saturated heterocycles. The summed E-state index contributed by atoms with van der Waals surface area (Å²) in [5.74, 6) is -0.854.